The molecule has 1 heterocycles. The van der Waals surface area contributed by atoms with Crippen LogP contribution in [-0.2, 0) is 9.59 Å². The summed E-state index contributed by atoms with van der Waals surface area (Å²) in [5.41, 5.74) is 3.98. The molecule has 0 spiro atoms. The summed E-state index contributed by atoms with van der Waals surface area (Å²) in [4.78, 5) is 27.2. The van der Waals surface area contributed by atoms with Crippen LogP contribution in [0.2, 0.25) is 0 Å². The molecule has 1 amide bonds. The summed E-state index contributed by atoms with van der Waals surface area (Å²) < 4.78 is 5.52. The Morgan fingerprint density at radius 3 is 2.31 bits per heavy atom. The normalized spacial score (nSPS) is 15.8. The van der Waals surface area contributed by atoms with Gasteiger partial charge in [0.1, 0.15) is 11.4 Å². The Kier molecular flexibility index (Phi) is 5.94. The second-order valence-corrected chi connectivity index (χ2v) is 7.62. The number of nitrogens with one attached hydrogen (secondary N) is 1. The number of carbonyl (C=O) groups excluding carboxylic acids is 1. The highest BCUT2D eigenvalue weighted by atomic mass is 16.5. The summed E-state index contributed by atoms with van der Waals surface area (Å²) in [6.07, 6.45) is -0.273. The van der Waals surface area contributed by atoms with E-state index in [9.17, 15) is 14.7 Å². The molecule has 0 saturated carbocycles. The van der Waals surface area contributed by atoms with E-state index in [1.807, 2.05) is 73.7 Å². The first kappa shape index (κ1) is 21.2. The predicted octanol–water partition coefficient (Wildman–Crippen LogP) is 4.93. The summed E-state index contributed by atoms with van der Waals surface area (Å²) in [5, 5.41) is 12.9. The lowest BCUT2D eigenvalue weighted by molar-refractivity contribution is -0.136. The summed E-state index contributed by atoms with van der Waals surface area (Å²) in [5.74, 6) is -0.771. The van der Waals surface area contributed by atoms with Gasteiger partial charge in [0, 0.05) is 5.69 Å². The number of aliphatic carboxylic acids is 1. The van der Waals surface area contributed by atoms with Crippen molar-refractivity contribution in [2.24, 2.45) is 0 Å². The molecule has 6 heteroatoms. The summed E-state index contributed by atoms with van der Waals surface area (Å²) >= 11 is 0. The quantitative estimate of drug-likeness (QED) is 0.558. The Balaban J connectivity index is 1.89. The maximum absolute atomic E-state index is 13.8. The minimum absolute atomic E-state index is 0.273. The smallest absolute Gasteiger partial charge is 0.307 e. The fourth-order valence-corrected chi connectivity index (χ4v) is 3.99. The first-order valence-electron chi connectivity index (χ1n) is 10.3. The molecule has 6 nitrogen and oxygen atoms in total. The largest absolute Gasteiger partial charge is 0.495 e. The number of carboxylic acid groups (broad SMARTS) is 1. The Labute approximate surface area is 186 Å². The molecule has 3 aromatic carbocycles. The van der Waals surface area contributed by atoms with Crippen LogP contribution in [0, 0.1) is 6.92 Å². The third kappa shape index (κ3) is 4.07. The Bertz CT molecular complexity index is 1170. The number of ether oxygens (including phenoxy) is 1. The number of carbonyl (C=O) groups is 2. The van der Waals surface area contributed by atoms with Crippen molar-refractivity contribution < 1.29 is 19.4 Å². The van der Waals surface area contributed by atoms with Gasteiger partial charge in [-0.2, -0.15) is 0 Å². The zero-order valence-corrected chi connectivity index (χ0v) is 17.9. The molecule has 0 aliphatic carbocycles. The number of nitrogens with zero attached hydrogens (tertiary/aromatic N) is 1. The molecule has 1 unspecified atom stereocenters. The molecule has 1 aliphatic heterocycles. The first-order valence-corrected chi connectivity index (χ1v) is 10.3. The molecule has 4 rings (SSSR count). The minimum Gasteiger partial charge on any atom is -0.495 e. The molecule has 0 fully saturated rings. The molecular weight excluding hydrogens is 404 g/mol. The van der Waals surface area contributed by atoms with Crippen molar-refractivity contribution in [2.45, 2.75) is 19.4 Å². The van der Waals surface area contributed by atoms with Crippen molar-refractivity contribution in [1.29, 1.82) is 0 Å². The van der Waals surface area contributed by atoms with Crippen LogP contribution in [0.4, 0.5) is 11.4 Å². The maximum atomic E-state index is 13.8. The fourth-order valence-electron chi connectivity index (χ4n) is 3.99. The Morgan fingerprint density at radius 1 is 1.00 bits per heavy atom. The van der Waals surface area contributed by atoms with Crippen molar-refractivity contribution in [2.75, 3.05) is 17.3 Å². The molecular formula is C26H24N2O4. The van der Waals surface area contributed by atoms with Crippen LogP contribution in [0.15, 0.2) is 90.1 Å². The number of hydrogen-bond acceptors (Lipinski definition) is 4. The van der Waals surface area contributed by atoms with E-state index in [1.165, 1.54) is 0 Å². The second-order valence-electron chi connectivity index (χ2n) is 7.62. The molecule has 1 aliphatic rings. The average Bonchev–Trinajstić information content (AvgIpc) is 3.06. The van der Waals surface area contributed by atoms with Gasteiger partial charge < -0.3 is 15.2 Å². The van der Waals surface area contributed by atoms with Crippen molar-refractivity contribution >= 4 is 23.3 Å². The Morgan fingerprint density at radius 2 is 1.66 bits per heavy atom. The van der Waals surface area contributed by atoms with Crippen LogP contribution in [0.1, 0.15) is 23.6 Å². The lowest BCUT2D eigenvalue weighted by Gasteiger charge is -2.28. The van der Waals surface area contributed by atoms with Gasteiger partial charge >= 0.3 is 5.97 Å². The molecule has 3 aromatic rings. The molecule has 162 valence electrons. The molecule has 0 aromatic heterocycles. The van der Waals surface area contributed by atoms with Crippen molar-refractivity contribution in [1.82, 2.24) is 0 Å². The summed E-state index contributed by atoms with van der Waals surface area (Å²) in [6, 6.07) is 23.7. The van der Waals surface area contributed by atoms with Gasteiger partial charge in [0.15, 0.2) is 0 Å². The average molecular weight is 428 g/mol. The number of hydrogen-bond donors (Lipinski definition) is 2. The highest BCUT2D eigenvalue weighted by molar-refractivity contribution is 6.13. The number of methoxy groups -OCH3 is 1. The van der Waals surface area contributed by atoms with E-state index in [4.69, 9.17) is 4.74 Å². The van der Waals surface area contributed by atoms with Crippen molar-refractivity contribution in [3.8, 4) is 5.75 Å². The van der Waals surface area contributed by atoms with Gasteiger partial charge in [-0.15, -0.1) is 0 Å². The number of carboxylic acids is 1. The van der Waals surface area contributed by atoms with Gasteiger partial charge in [0.05, 0.1) is 25.3 Å². The van der Waals surface area contributed by atoms with E-state index < -0.39 is 12.0 Å². The van der Waals surface area contributed by atoms with Crippen LogP contribution in [0.3, 0.4) is 0 Å². The minimum atomic E-state index is -1.00. The number of aryl methyl sites for hydroxylation is 1. The zero-order valence-electron chi connectivity index (χ0n) is 17.9. The topological polar surface area (TPSA) is 78.9 Å². The molecule has 0 saturated heterocycles. The standard InChI is InChI=1S/C26H24N2O4/c1-17-12-14-19(15-13-17)27-24-20(16-23(29)30)25(18-8-4-3-5-9-18)28(26(24)31)21-10-6-7-11-22(21)32-2/h3-15,25,27H,16H2,1-2H3,(H,29,30). The van der Waals surface area contributed by atoms with E-state index >= 15 is 0 Å². The van der Waals surface area contributed by atoms with E-state index in [0.717, 1.165) is 16.8 Å². The van der Waals surface area contributed by atoms with E-state index in [0.29, 0.717) is 17.0 Å². The molecule has 32 heavy (non-hydrogen) atoms. The van der Waals surface area contributed by atoms with Gasteiger partial charge in [-0.3, -0.25) is 14.5 Å². The fraction of sp³-hybridized carbons (Fsp3) is 0.154. The second kappa shape index (κ2) is 8.98. The lowest BCUT2D eigenvalue weighted by atomic mass is 9.96. The van der Waals surface area contributed by atoms with Gasteiger partial charge in [-0.25, -0.2) is 0 Å². The van der Waals surface area contributed by atoms with E-state index in [2.05, 4.69) is 5.32 Å². The van der Waals surface area contributed by atoms with E-state index in [-0.39, 0.29) is 18.0 Å². The van der Waals surface area contributed by atoms with Crippen LogP contribution >= 0.6 is 0 Å². The highest BCUT2D eigenvalue weighted by Gasteiger charge is 2.42. The molecule has 0 bridgehead atoms. The van der Waals surface area contributed by atoms with Crippen LogP contribution in [0.5, 0.6) is 5.75 Å². The number of anilines is 2. The highest BCUT2D eigenvalue weighted by Crippen LogP contribution is 2.45. The molecule has 1 atom stereocenters. The number of rotatable bonds is 7. The number of amides is 1. The molecule has 2 N–H and O–H groups in total. The third-order valence-electron chi connectivity index (χ3n) is 5.46. The third-order valence-corrected chi connectivity index (χ3v) is 5.46. The van der Waals surface area contributed by atoms with Crippen LogP contribution in [-0.4, -0.2) is 24.1 Å². The van der Waals surface area contributed by atoms with Crippen molar-refractivity contribution in [3.05, 3.63) is 101 Å². The van der Waals surface area contributed by atoms with E-state index in [1.54, 1.807) is 24.1 Å². The maximum Gasteiger partial charge on any atom is 0.307 e. The molecule has 0 radical (unpaired) electrons. The van der Waals surface area contributed by atoms with Gasteiger partial charge in [-0.1, -0.05) is 60.2 Å². The predicted molar refractivity (Wildman–Crippen MR) is 124 cm³/mol. The first-order chi connectivity index (χ1) is 15.5. The number of para-hydroxylation sites is 2. The van der Waals surface area contributed by atoms with Crippen LogP contribution in [0.25, 0.3) is 0 Å². The number of benzene rings is 3. The van der Waals surface area contributed by atoms with Gasteiger partial charge in [-0.05, 0) is 42.3 Å². The zero-order chi connectivity index (χ0) is 22.7. The SMILES string of the molecule is COc1ccccc1N1C(=O)C(Nc2ccc(C)cc2)=C(CC(=O)O)C1c1ccccc1. The summed E-state index contributed by atoms with van der Waals surface area (Å²) in [6.45, 7) is 1.98. The van der Waals surface area contributed by atoms with Crippen LogP contribution < -0.4 is 15.0 Å². The Hall–Kier alpha value is -4.06. The lowest BCUT2D eigenvalue weighted by Crippen LogP contribution is -2.31. The summed E-state index contributed by atoms with van der Waals surface area (Å²) in [7, 11) is 1.55. The van der Waals surface area contributed by atoms with Gasteiger partial charge in [0.2, 0.25) is 0 Å². The monoisotopic (exact) mass is 428 g/mol. The van der Waals surface area contributed by atoms with Gasteiger partial charge in [0.25, 0.3) is 5.91 Å². The van der Waals surface area contributed by atoms with Crippen molar-refractivity contribution in [3.63, 3.8) is 0 Å².